The minimum atomic E-state index is 0.251. The van der Waals surface area contributed by atoms with E-state index in [1.54, 1.807) is 6.20 Å². The highest BCUT2D eigenvalue weighted by molar-refractivity contribution is 9.10. The fourth-order valence-corrected chi connectivity index (χ4v) is 3.08. The zero-order chi connectivity index (χ0) is 12.7. The highest BCUT2D eigenvalue weighted by Gasteiger charge is 2.22. The van der Waals surface area contributed by atoms with E-state index < -0.39 is 0 Å². The van der Waals surface area contributed by atoms with Gasteiger partial charge >= 0.3 is 0 Å². The Morgan fingerprint density at radius 3 is 2.83 bits per heavy atom. The smallest absolute Gasteiger partial charge is 0.224 e. The van der Waals surface area contributed by atoms with Gasteiger partial charge in [-0.3, -0.25) is 4.79 Å². The van der Waals surface area contributed by atoms with E-state index in [9.17, 15) is 4.79 Å². The number of rotatable bonds is 1. The number of fused-ring (bicyclic) bond motifs is 1. The summed E-state index contributed by atoms with van der Waals surface area (Å²) in [6.45, 7) is 0. The molecule has 3 rings (SSSR count). The van der Waals surface area contributed by atoms with Crippen LogP contribution in [0, 0.1) is 0 Å². The van der Waals surface area contributed by atoms with Crippen molar-refractivity contribution < 1.29 is 4.79 Å². The summed E-state index contributed by atoms with van der Waals surface area (Å²) in [5.74, 6) is 0.356. The lowest BCUT2D eigenvalue weighted by Gasteiger charge is -2.23. The van der Waals surface area contributed by atoms with Crippen molar-refractivity contribution in [2.45, 2.75) is 31.7 Å². The predicted octanol–water partition coefficient (Wildman–Crippen LogP) is 3.53. The standard InChI is InChI=1S/C12H11BrClN3O/c13-10-6-17(7-1-3-8(18)4-2-7)11-9(10)5-15-12(14)16-11/h5-7H,1-4H2. The number of carbonyl (C=O) groups excluding carboxylic acids is 1. The van der Waals surface area contributed by atoms with Crippen LogP contribution in [-0.2, 0) is 4.79 Å². The van der Waals surface area contributed by atoms with E-state index in [-0.39, 0.29) is 5.28 Å². The Bertz CT molecular complexity index is 615. The van der Waals surface area contributed by atoms with Gasteiger partial charge in [0.1, 0.15) is 11.4 Å². The molecule has 0 unspecified atom stereocenters. The lowest BCUT2D eigenvalue weighted by atomic mass is 9.94. The minimum absolute atomic E-state index is 0.251. The van der Waals surface area contributed by atoms with Gasteiger partial charge in [0.25, 0.3) is 0 Å². The fraction of sp³-hybridized carbons (Fsp3) is 0.417. The van der Waals surface area contributed by atoms with E-state index in [0.29, 0.717) is 24.7 Å². The van der Waals surface area contributed by atoms with E-state index in [1.165, 1.54) is 0 Å². The van der Waals surface area contributed by atoms with Crippen molar-refractivity contribution in [1.29, 1.82) is 0 Å². The minimum Gasteiger partial charge on any atom is -0.328 e. The Hall–Kier alpha value is -0.940. The first kappa shape index (κ1) is 12.1. The third-order valence-electron chi connectivity index (χ3n) is 3.40. The van der Waals surface area contributed by atoms with Crippen LogP contribution >= 0.6 is 27.5 Å². The molecule has 0 spiro atoms. The largest absolute Gasteiger partial charge is 0.328 e. The third kappa shape index (κ3) is 2.06. The van der Waals surface area contributed by atoms with Gasteiger partial charge in [-0.15, -0.1) is 0 Å². The average molecular weight is 329 g/mol. The summed E-state index contributed by atoms with van der Waals surface area (Å²) in [4.78, 5) is 19.6. The summed E-state index contributed by atoms with van der Waals surface area (Å²) >= 11 is 9.37. The maximum Gasteiger partial charge on any atom is 0.224 e. The van der Waals surface area contributed by atoms with Gasteiger partial charge in [-0.2, -0.15) is 4.98 Å². The maximum atomic E-state index is 11.3. The number of carbonyl (C=O) groups is 1. The number of aromatic nitrogens is 3. The monoisotopic (exact) mass is 327 g/mol. The van der Waals surface area contributed by atoms with Crippen molar-refractivity contribution in [3.63, 3.8) is 0 Å². The first-order valence-electron chi connectivity index (χ1n) is 5.85. The lowest BCUT2D eigenvalue weighted by Crippen LogP contribution is -2.17. The van der Waals surface area contributed by atoms with E-state index in [0.717, 1.165) is 28.3 Å². The van der Waals surface area contributed by atoms with Crippen molar-refractivity contribution in [2.75, 3.05) is 0 Å². The molecule has 0 saturated heterocycles. The zero-order valence-electron chi connectivity index (χ0n) is 9.57. The summed E-state index contributed by atoms with van der Waals surface area (Å²) in [6, 6.07) is 0.322. The Kier molecular flexibility index (Phi) is 3.11. The second-order valence-corrected chi connectivity index (χ2v) is 5.72. The van der Waals surface area contributed by atoms with Crippen LogP contribution in [-0.4, -0.2) is 20.3 Å². The number of ketones is 1. The molecule has 0 bridgehead atoms. The van der Waals surface area contributed by atoms with Crippen LogP contribution in [0.25, 0.3) is 11.0 Å². The van der Waals surface area contributed by atoms with Crippen LogP contribution in [0.4, 0.5) is 0 Å². The molecule has 18 heavy (non-hydrogen) atoms. The molecule has 94 valence electrons. The highest BCUT2D eigenvalue weighted by atomic mass is 79.9. The molecule has 2 aromatic heterocycles. The van der Waals surface area contributed by atoms with Gasteiger partial charge in [0.05, 0.1) is 5.39 Å². The Morgan fingerprint density at radius 1 is 1.39 bits per heavy atom. The van der Waals surface area contributed by atoms with Crippen molar-refractivity contribution in [2.24, 2.45) is 0 Å². The van der Waals surface area contributed by atoms with Gasteiger partial charge in [-0.05, 0) is 40.4 Å². The second kappa shape index (κ2) is 4.63. The van der Waals surface area contributed by atoms with Crippen molar-refractivity contribution in [1.82, 2.24) is 14.5 Å². The second-order valence-electron chi connectivity index (χ2n) is 4.53. The summed E-state index contributed by atoms with van der Waals surface area (Å²) < 4.78 is 3.07. The normalized spacial score (nSPS) is 17.6. The van der Waals surface area contributed by atoms with E-state index in [4.69, 9.17) is 11.6 Å². The van der Waals surface area contributed by atoms with E-state index in [2.05, 4.69) is 30.5 Å². The van der Waals surface area contributed by atoms with Crippen LogP contribution in [0.1, 0.15) is 31.7 Å². The lowest BCUT2D eigenvalue weighted by molar-refractivity contribution is -0.120. The van der Waals surface area contributed by atoms with Gasteiger partial charge in [0, 0.05) is 35.7 Å². The Labute approximate surface area is 117 Å². The van der Waals surface area contributed by atoms with E-state index in [1.807, 2.05) is 6.20 Å². The molecule has 1 aliphatic carbocycles. The maximum absolute atomic E-state index is 11.3. The van der Waals surface area contributed by atoms with Gasteiger partial charge < -0.3 is 4.57 Å². The van der Waals surface area contributed by atoms with Crippen LogP contribution in [0.3, 0.4) is 0 Å². The molecule has 1 aliphatic rings. The quantitative estimate of drug-likeness (QED) is 0.752. The number of halogens is 2. The molecule has 0 atom stereocenters. The molecule has 6 heteroatoms. The van der Waals surface area contributed by atoms with Crippen LogP contribution in [0.15, 0.2) is 16.9 Å². The number of nitrogens with zero attached hydrogens (tertiary/aromatic N) is 3. The van der Waals surface area contributed by atoms with Crippen LogP contribution in [0.2, 0.25) is 5.28 Å². The molecule has 0 N–H and O–H groups in total. The molecule has 2 aromatic rings. The molecule has 2 heterocycles. The molecule has 0 amide bonds. The first-order chi connectivity index (χ1) is 8.65. The third-order valence-corrected chi connectivity index (χ3v) is 4.21. The fourth-order valence-electron chi connectivity index (χ4n) is 2.45. The number of hydrogen-bond donors (Lipinski definition) is 0. The molecule has 0 aromatic carbocycles. The van der Waals surface area contributed by atoms with Crippen molar-refractivity contribution in [3.05, 3.63) is 22.1 Å². The summed E-state index contributed by atoms with van der Waals surface area (Å²) in [7, 11) is 0. The SMILES string of the molecule is O=C1CCC(n2cc(Br)c3cnc(Cl)nc32)CC1. The summed E-state index contributed by atoms with van der Waals surface area (Å²) in [5, 5.41) is 1.21. The predicted molar refractivity (Wildman–Crippen MR) is 72.8 cm³/mol. The van der Waals surface area contributed by atoms with Crippen molar-refractivity contribution >= 4 is 44.3 Å². The Balaban J connectivity index is 2.06. The summed E-state index contributed by atoms with van der Waals surface area (Å²) in [6.07, 6.45) is 6.78. The average Bonchev–Trinajstić information content (AvgIpc) is 2.67. The van der Waals surface area contributed by atoms with Crippen LogP contribution < -0.4 is 0 Å². The van der Waals surface area contributed by atoms with Gasteiger partial charge in [-0.25, -0.2) is 4.98 Å². The molecule has 1 saturated carbocycles. The highest BCUT2D eigenvalue weighted by Crippen LogP contribution is 2.33. The summed E-state index contributed by atoms with van der Waals surface area (Å²) in [5.41, 5.74) is 0.834. The Morgan fingerprint density at radius 2 is 2.11 bits per heavy atom. The number of Topliss-reactive ketones (excluding diaryl/α,β-unsaturated/α-hetero) is 1. The number of hydrogen-bond acceptors (Lipinski definition) is 3. The van der Waals surface area contributed by atoms with Crippen molar-refractivity contribution in [3.8, 4) is 0 Å². The molecular weight excluding hydrogens is 318 g/mol. The van der Waals surface area contributed by atoms with Gasteiger partial charge in [0.2, 0.25) is 5.28 Å². The molecule has 0 aliphatic heterocycles. The molecule has 1 fully saturated rings. The molecule has 4 nitrogen and oxygen atoms in total. The van der Waals surface area contributed by atoms with Gasteiger partial charge in [0.15, 0.2) is 0 Å². The van der Waals surface area contributed by atoms with Crippen LogP contribution in [0.5, 0.6) is 0 Å². The first-order valence-corrected chi connectivity index (χ1v) is 7.02. The van der Waals surface area contributed by atoms with E-state index >= 15 is 0 Å². The zero-order valence-corrected chi connectivity index (χ0v) is 11.9. The topological polar surface area (TPSA) is 47.8 Å². The van der Waals surface area contributed by atoms with Gasteiger partial charge in [-0.1, -0.05) is 0 Å². The molecule has 0 radical (unpaired) electrons. The molecular formula is C12H11BrClN3O.